The third-order valence-corrected chi connectivity index (χ3v) is 33.9. The van der Waals surface area contributed by atoms with Gasteiger partial charge in [0.15, 0.2) is 0 Å². The lowest BCUT2D eigenvalue weighted by atomic mass is 9.47. The Morgan fingerprint density at radius 1 is 0.348 bits per heavy atom. The van der Waals surface area contributed by atoms with Crippen LogP contribution in [0.25, 0.3) is 0 Å². The first-order valence-electron chi connectivity index (χ1n) is 52.6. The van der Waals surface area contributed by atoms with E-state index in [0.29, 0.717) is 55.5 Å². The van der Waals surface area contributed by atoms with Gasteiger partial charge in [0.1, 0.15) is 0 Å². The molecule has 0 amide bonds. The van der Waals surface area contributed by atoms with E-state index in [0.717, 1.165) is 95.4 Å². The van der Waals surface area contributed by atoms with E-state index < -0.39 is 0 Å². The monoisotopic (exact) mass is 1610 g/mol. The van der Waals surface area contributed by atoms with Gasteiger partial charge in [0.25, 0.3) is 0 Å². The highest BCUT2D eigenvalue weighted by atomic mass is 16.5. The van der Waals surface area contributed by atoms with Crippen molar-refractivity contribution in [2.75, 3.05) is 6.61 Å². The fourth-order valence-electron chi connectivity index (χ4n) is 26.3. The highest BCUT2D eigenvalue weighted by Gasteiger charge is 2.61. The first-order valence-corrected chi connectivity index (χ1v) is 52.6. The van der Waals surface area contributed by atoms with Crippen LogP contribution in [-0.4, -0.2) is 24.4 Å². The maximum Gasteiger partial charge on any atom is 0.0619 e. The van der Waals surface area contributed by atoms with Gasteiger partial charge in [-0.15, -0.1) is 0 Å². The molecule has 2 heteroatoms. The summed E-state index contributed by atoms with van der Waals surface area (Å²) in [6.07, 6.45) is 78.3. The zero-order valence-electron chi connectivity index (χ0n) is 85.1. The van der Waals surface area contributed by atoms with E-state index >= 15 is 0 Å². The van der Waals surface area contributed by atoms with Crippen molar-refractivity contribution in [2.45, 2.75) is 560 Å². The molecule has 0 aromatic rings. The topological polar surface area (TPSA) is 18.5 Å². The lowest BCUT2D eigenvalue weighted by Crippen LogP contribution is -2.51. The van der Waals surface area contributed by atoms with Gasteiger partial charge in [0.05, 0.1) is 17.8 Å². The molecule has 2 nitrogen and oxygen atoms in total. The van der Waals surface area contributed by atoms with E-state index in [1.165, 1.54) is 327 Å². The van der Waals surface area contributed by atoms with Crippen LogP contribution in [0.3, 0.4) is 0 Å². The van der Waals surface area contributed by atoms with Gasteiger partial charge in [-0.2, -0.15) is 0 Å². The second kappa shape index (κ2) is 51.7. The Kier molecular flexibility index (Phi) is 48.0. The molecule has 0 aliphatic heterocycles. The molecule has 680 valence electrons. The van der Waals surface area contributed by atoms with E-state index in [-0.39, 0.29) is 5.60 Å². The minimum Gasteiger partial charge on any atom is -0.378 e. The molecule has 0 aromatic heterocycles. The molecule has 0 bridgehead atoms. The number of rotatable bonds is 42. The van der Waals surface area contributed by atoms with Crippen molar-refractivity contribution >= 4 is 0 Å². The van der Waals surface area contributed by atoms with Crippen molar-refractivity contribution in [1.82, 2.24) is 0 Å². The third kappa shape index (κ3) is 35.4. The van der Waals surface area contributed by atoms with Crippen molar-refractivity contribution < 1.29 is 9.47 Å². The fraction of sp³-hybridized carbons (Fsp3) is 0.965. The number of unbranched alkanes of at least 4 members (excludes halogenated alkanes) is 17. The molecule has 6 saturated carbocycles. The predicted octanol–water partition coefficient (Wildman–Crippen LogP) is 38.0. The molecular formula is C113H216O2. The summed E-state index contributed by atoms with van der Waals surface area (Å²) in [4.78, 5) is 0. The van der Waals surface area contributed by atoms with Crippen LogP contribution < -0.4 is 0 Å². The van der Waals surface area contributed by atoms with Crippen molar-refractivity contribution in [3.8, 4) is 0 Å². The quantitative estimate of drug-likeness (QED) is 0.0448. The first kappa shape index (κ1) is 107. The largest absolute Gasteiger partial charge is 0.378 e. The summed E-state index contributed by atoms with van der Waals surface area (Å²) >= 11 is 0. The Labute approximate surface area is 726 Å². The van der Waals surface area contributed by atoms with Crippen molar-refractivity contribution in [3.63, 3.8) is 0 Å². The molecule has 6 fully saturated rings. The minimum atomic E-state index is -0.0203. The molecule has 0 aromatic carbocycles. The molecule has 0 heterocycles. The molecule has 0 radical (unpaired) electrons. The highest BCUT2D eigenvalue weighted by Crippen LogP contribution is 2.70. The second-order valence-electron chi connectivity index (χ2n) is 49.3. The van der Waals surface area contributed by atoms with Gasteiger partial charge in [-0.3, -0.25) is 0 Å². The number of fused-ring (bicyclic) bond motifs is 10. The second-order valence-corrected chi connectivity index (χ2v) is 49.3. The Morgan fingerprint density at radius 2 is 0.687 bits per heavy atom. The van der Waals surface area contributed by atoms with Crippen LogP contribution in [0.4, 0.5) is 0 Å². The summed E-state index contributed by atoms with van der Waals surface area (Å²) in [5, 5.41) is 0. The maximum atomic E-state index is 6.44. The summed E-state index contributed by atoms with van der Waals surface area (Å²) in [7, 11) is 0. The van der Waals surface area contributed by atoms with Gasteiger partial charge < -0.3 is 9.47 Å². The van der Waals surface area contributed by atoms with Crippen LogP contribution in [-0.2, 0) is 9.47 Å². The van der Waals surface area contributed by atoms with Gasteiger partial charge in [-0.25, -0.2) is 0 Å². The minimum absolute atomic E-state index is 0.0203. The molecule has 115 heavy (non-hydrogen) atoms. The lowest BCUT2D eigenvalue weighted by Gasteiger charge is -2.58. The lowest BCUT2D eigenvalue weighted by molar-refractivity contribution is -0.0955. The Morgan fingerprint density at radius 3 is 1.03 bits per heavy atom. The molecule has 0 saturated heterocycles. The van der Waals surface area contributed by atoms with Gasteiger partial charge in [0, 0.05) is 6.61 Å². The molecule has 8 aliphatic rings. The average Bonchev–Trinajstić information content (AvgIpc) is 1.68. The number of allylic oxidation sites excluding steroid dienone is 2. The molecule has 19 atom stereocenters. The average molecular weight is 1610 g/mol. The van der Waals surface area contributed by atoms with Gasteiger partial charge in [-0.1, -0.05) is 403 Å². The van der Waals surface area contributed by atoms with Crippen LogP contribution in [0.1, 0.15) is 542 Å². The molecular weight excluding hydrogens is 1390 g/mol. The van der Waals surface area contributed by atoms with Gasteiger partial charge in [0.2, 0.25) is 0 Å². The fourth-order valence-corrected chi connectivity index (χ4v) is 26.3. The Bertz CT molecular complexity index is 2560. The molecule has 8 rings (SSSR count). The van der Waals surface area contributed by atoms with Crippen LogP contribution in [0.15, 0.2) is 23.3 Å². The number of hydrogen-bond acceptors (Lipinski definition) is 2. The zero-order chi connectivity index (χ0) is 86.1. The van der Waals surface area contributed by atoms with Crippen LogP contribution in [0, 0.1) is 132 Å². The van der Waals surface area contributed by atoms with Crippen LogP contribution in [0.5, 0.6) is 0 Å². The first-order chi connectivity index (χ1) is 53.9. The van der Waals surface area contributed by atoms with E-state index in [4.69, 9.17) is 9.47 Å². The van der Waals surface area contributed by atoms with E-state index in [1.54, 1.807) is 11.1 Å². The summed E-state index contributed by atoms with van der Waals surface area (Å²) in [6, 6.07) is 0. The zero-order valence-corrected chi connectivity index (χ0v) is 85.1. The SMILES string of the molecule is CC(C)CCC[C@@H](C)[C@H]1CC[C@H]2[C@@H]3CC=C4C[C@@H](OC(C)(C)C)CC[C@]4(C)[C@H]3CC[C@]12C.CC(C)CCC[C@@H](C)[C@H]1CC[C@H]2[C@@H]3CC=C4C[C@@H](OCCC(C)(C)C)CC[C@]4(C)[C@H]3CC[C@]12C.CCCCCCC(CCCC)C(C)(C)C.CCCCCCCCC(CC)C(C)(C)C.CCCCCCCCC(CCCCCC)C(C)(C)C. The van der Waals surface area contributed by atoms with Crippen LogP contribution in [0.2, 0.25) is 0 Å². The summed E-state index contributed by atoms with van der Waals surface area (Å²) in [5.41, 5.74) is 7.54. The highest BCUT2D eigenvalue weighted by molar-refractivity contribution is 5.27. The van der Waals surface area contributed by atoms with Gasteiger partial charge in [-0.05, 0) is 294 Å². The van der Waals surface area contributed by atoms with E-state index in [1.807, 2.05) is 0 Å². The van der Waals surface area contributed by atoms with Gasteiger partial charge >= 0.3 is 0 Å². The van der Waals surface area contributed by atoms with E-state index in [9.17, 15) is 0 Å². The predicted molar refractivity (Wildman–Crippen MR) is 517 cm³/mol. The standard InChI is InChI=1S/C33H58O.C31H54O.C19H40.2C15H32/c1-23(2)10-9-11-24(3)28-14-15-29-27-13-12-25-22-26(34-21-20-31(4,5)6)16-18-32(25,7)30(27)17-19-33(28,29)8;1-21(2)10-9-11-22(3)26-14-15-27-25-13-12-23-20-24(32-29(4,5)6)16-18-30(23,7)28(25)17-19-31(26,27)8;1-6-8-10-12-13-15-17-18(19(3,4)5)16-14-11-9-7-2;1-6-8-9-10-11-12-13-14(7-2)15(3,4)5;1-6-8-10-11-13-14(12-9-7-2)15(3,4)5/h12,23-24,26-30H,9-11,13-22H2,1-8H3;12,21-22,24-28H,9-11,13-20H2,1-8H3;18H,6-17H2,1-5H3;2*14H,6-13H2,1-5H3/t24-,26+,27+,28-,29+,30+,32+,33-;22-,24+,25+,26-,27+,28+,30+,31-;;;/m11.../s1. The summed E-state index contributed by atoms with van der Waals surface area (Å²) in [6.45, 7) is 75.6. The van der Waals surface area contributed by atoms with Crippen molar-refractivity contribution in [1.29, 1.82) is 0 Å². The van der Waals surface area contributed by atoms with Crippen molar-refractivity contribution in [3.05, 3.63) is 23.3 Å². The smallest absolute Gasteiger partial charge is 0.0619 e. The maximum absolute atomic E-state index is 6.44. The number of hydrogen-bond donors (Lipinski definition) is 0. The molecule has 3 unspecified atom stereocenters. The Balaban J connectivity index is 0.000000318. The summed E-state index contributed by atoms with van der Waals surface area (Å²) in [5.74, 6) is 14.0. The Hall–Kier alpha value is -0.600. The number of ether oxygens (including phenoxy) is 2. The molecule has 8 aliphatic carbocycles. The normalized spacial score (nSPS) is 30.0. The third-order valence-electron chi connectivity index (χ3n) is 33.9. The summed E-state index contributed by atoms with van der Waals surface area (Å²) < 4.78 is 12.9. The van der Waals surface area contributed by atoms with E-state index in [2.05, 4.69) is 227 Å². The van der Waals surface area contributed by atoms with Crippen molar-refractivity contribution in [2.24, 2.45) is 132 Å². The van der Waals surface area contributed by atoms with Crippen LogP contribution >= 0.6 is 0 Å². The molecule has 0 spiro atoms. The molecule has 0 N–H and O–H groups in total.